The molecule has 0 unspecified atom stereocenters. The van der Waals surface area contributed by atoms with Crippen LogP contribution >= 0.6 is 0 Å². The van der Waals surface area contributed by atoms with Crippen molar-refractivity contribution in [2.24, 2.45) is 5.92 Å². The fourth-order valence-electron chi connectivity index (χ4n) is 6.82. The highest BCUT2D eigenvalue weighted by molar-refractivity contribution is 5.82. The van der Waals surface area contributed by atoms with Crippen molar-refractivity contribution in [3.8, 4) is 5.69 Å². The Bertz CT molecular complexity index is 1370. The van der Waals surface area contributed by atoms with Crippen molar-refractivity contribution in [3.05, 3.63) is 89.6 Å². The lowest BCUT2D eigenvalue weighted by Gasteiger charge is -2.50. The van der Waals surface area contributed by atoms with Gasteiger partial charge < -0.3 is 9.84 Å². The smallest absolute Gasteiger partial charge is 0.123 e. The Morgan fingerprint density at radius 2 is 2.00 bits per heavy atom. The van der Waals surface area contributed by atoms with Crippen LogP contribution in [0.5, 0.6) is 0 Å². The molecule has 2 aromatic heterocycles. The summed E-state index contributed by atoms with van der Waals surface area (Å²) in [6, 6.07) is 17.3. The lowest BCUT2D eigenvalue weighted by Crippen LogP contribution is -2.51. The number of fused-ring (bicyclic) bond motifs is 4. The van der Waals surface area contributed by atoms with E-state index in [1.807, 2.05) is 23.1 Å². The highest BCUT2D eigenvalue weighted by Crippen LogP contribution is 2.54. The Morgan fingerprint density at radius 3 is 2.78 bits per heavy atom. The van der Waals surface area contributed by atoms with Crippen LogP contribution in [0, 0.1) is 11.7 Å². The average molecular weight is 486 g/mol. The zero-order valence-corrected chi connectivity index (χ0v) is 20.7. The van der Waals surface area contributed by atoms with Gasteiger partial charge in [-0.15, -0.1) is 0 Å². The highest BCUT2D eigenvalue weighted by atomic mass is 19.1. The van der Waals surface area contributed by atoms with Crippen LogP contribution in [-0.4, -0.2) is 39.2 Å². The van der Waals surface area contributed by atoms with E-state index in [9.17, 15) is 9.50 Å². The minimum Gasteiger partial charge on any atom is -0.387 e. The highest BCUT2D eigenvalue weighted by Gasteiger charge is 2.51. The topological polar surface area (TPSA) is 60.2 Å². The number of nitrogens with zero attached hydrogens (tertiary/aromatic N) is 3. The summed E-state index contributed by atoms with van der Waals surface area (Å²) in [5.74, 6) is 0.0802. The SMILES string of the molecule is COC[C@]1(O)CC[C@]2(Cc3ccccn3)c3cc4cnn(-c5ccc(F)cc5)c4cc3CCC[C@@H]2C1. The molecule has 3 atom stereocenters. The van der Waals surface area contributed by atoms with Crippen molar-refractivity contribution in [3.63, 3.8) is 0 Å². The number of benzene rings is 2. The molecule has 0 spiro atoms. The van der Waals surface area contributed by atoms with E-state index in [2.05, 4.69) is 29.4 Å². The molecule has 5 nitrogen and oxygen atoms in total. The maximum atomic E-state index is 13.5. The standard InChI is InChI=1S/C30H32FN3O2/c1-36-20-29(35)12-13-30(18-25-7-2-3-14-32-25)23(17-29)6-4-5-21-16-28-22(15-27(21)30)19-33-34(28)26-10-8-24(31)9-11-26/h2-3,7-11,14-16,19,23,35H,4-6,12-13,17-18,20H2,1H3/t23-,29+,30-/m1/s1. The van der Waals surface area contributed by atoms with Crippen LogP contribution in [0.15, 0.2) is 67.0 Å². The number of aromatic nitrogens is 3. The molecule has 4 aromatic rings. The first kappa shape index (κ1) is 23.3. The van der Waals surface area contributed by atoms with Gasteiger partial charge >= 0.3 is 0 Å². The van der Waals surface area contributed by atoms with E-state index in [1.165, 1.54) is 23.3 Å². The quantitative estimate of drug-likeness (QED) is 0.402. The number of aryl methyl sites for hydroxylation is 1. The molecule has 0 saturated heterocycles. The predicted molar refractivity (Wildman–Crippen MR) is 138 cm³/mol. The van der Waals surface area contributed by atoms with Crippen LogP contribution in [0.4, 0.5) is 4.39 Å². The van der Waals surface area contributed by atoms with E-state index >= 15 is 0 Å². The fourth-order valence-corrected chi connectivity index (χ4v) is 6.82. The number of ether oxygens (including phenoxy) is 1. The first-order valence-electron chi connectivity index (χ1n) is 12.9. The van der Waals surface area contributed by atoms with Gasteiger partial charge in [0.05, 0.1) is 29.6 Å². The van der Waals surface area contributed by atoms with Gasteiger partial charge in [0.2, 0.25) is 0 Å². The predicted octanol–water partition coefficient (Wildman–Crippen LogP) is 5.55. The summed E-state index contributed by atoms with van der Waals surface area (Å²) in [5.41, 5.74) is 4.82. The van der Waals surface area contributed by atoms with E-state index in [-0.39, 0.29) is 11.2 Å². The molecule has 0 bridgehead atoms. The molecule has 186 valence electrons. The number of rotatable bonds is 5. The lowest BCUT2D eigenvalue weighted by molar-refractivity contribution is -0.0899. The first-order chi connectivity index (χ1) is 17.5. The third-order valence-electron chi connectivity index (χ3n) is 8.48. The third-order valence-corrected chi connectivity index (χ3v) is 8.48. The lowest BCUT2D eigenvalue weighted by atomic mass is 9.56. The number of pyridine rings is 1. The Morgan fingerprint density at radius 1 is 1.14 bits per heavy atom. The third kappa shape index (κ3) is 4.02. The zero-order chi connectivity index (χ0) is 24.8. The number of hydrogen-bond donors (Lipinski definition) is 1. The first-order valence-corrected chi connectivity index (χ1v) is 12.9. The monoisotopic (exact) mass is 485 g/mol. The number of aliphatic hydroxyl groups is 1. The van der Waals surface area contributed by atoms with Gasteiger partial charge in [0.25, 0.3) is 0 Å². The second-order valence-electron chi connectivity index (χ2n) is 10.7. The van der Waals surface area contributed by atoms with Gasteiger partial charge in [0.15, 0.2) is 0 Å². The van der Waals surface area contributed by atoms with Gasteiger partial charge in [0, 0.05) is 29.8 Å². The van der Waals surface area contributed by atoms with Crippen LogP contribution in [0.3, 0.4) is 0 Å². The number of halogens is 1. The van der Waals surface area contributed by atoms with Crippen LogP contribution in [0.2, 0.25) is 0 Å². The van der Waals surface area contributed by atoms with Crippen LogP contribution in [0.1, 0.15) is 48.9 Å². The Kier molecular flexibility index (Phi) is 5.89. The molecular formula is C30H32FN3O2. The van der Waals surface area contributed by atoms with Crippen LogP contribution in [0.25, 0.3) is 16.6 Å². The normalized spacial score (nSPS) is 25.8. The summed E-state index contributed by atoms with van der Waals surface area (Å²) in [7, 11) is 1.67. The number of methoxy groups -OCH3 is 1. The summed E-state index contributed by atoms with van der Waals surface area (Å²) in [5, 5.41) is 17.1. The summed E-state index contributed by atoms with van der Waals surface area (Å²) in [6.07, 6.45) is 10.1. The molecule has 0 radical (unpaired) electrons. The van der Waals surface area contributed by atoms with Crippen LogP contribution < -0.4 is 0 Å². The van der Waals surface area contributed by atoms with Gasteiger partial charge in [-0.1, -0.05) is 6.07 Å². The van der Waals surface area contributed by atoms with Crippen molar-refractivity contribution >= 4 is 10.9 Å². The van der Waals surface area contributed by atoms with Gasteiger partial charge in [-0.25, -0.2) is 9.07 Å². The molecule has 0 amide bonds. The van der Waals surface area contributed by atoms with Gasteiger partial charge in [-0.05, 0) is 111 Å². The van der Waals surface area contributed by atoms with E-state index in [0.29, 0.717) is 18.9 Å². The molecule has 2 heterocycles. The van der Waals surface area contributed by atoms with Gasteiger partial charge in [0.1, 0.15) is 5.82 Å². The molecule has 6 rings (SSSR count). The summed E-state index contributed by atoms with van der Waals surface area (Å²) < 4.78 is 20.9. The maximum absolute atomic E-state index is 13.5. The summed E-state index contributed by atoms with van der Waals surface area (Å²) in [6.45, 7) is 0.375. The second kappa shape index (κ2) is 9.09. The Balaban J connectivity index is 1.49. The van der Waals surface area contributed by atoms with Crippen molar-refractivity contribution in [2.75, 3.05) is 13.7 Å². The summed E-state index contributed by atoms with van der Waals surface area (Å²) in [4.78, 5) is 4.71. The van der Waals surface area contributed by atoms with Crippen molar-refractivity contribution in [2.45, 2.75) is 56.0 Å². The molecule has 6 heteroatoms. The fraction of sp³-hybridized carbons (Fsp3) is 0.400. The molecule has 2 aliphatic rings. The average Bonchev–Trinajstić information content (AvgIpc) is 3.23. The minimum atomic E-state index is -0.783. The van der Waals surface area contributed by atoms with E-state index in [4.69, 9.17) is 9.72 Å². The molecule has 2 aromatic carbocycles. The van der Waals surface area contributed by atoms with Gasteiger partial charge in [-0.2, -0.15) is 5.10 Å². The zero-order valence-electron chi connectivity index (χ0n) is 20.7. The van der Waals surface area contributed by atoms with E-state index < -0.39 is 5.60 Å². The van der Waals surface area contributed by atoms with Crippen molar-refractivity contribution < 1.29 is 14.2 Å². The molecular weight excluding hydrogens is 453 g/mol. The molecule has 36 heavy (non-hydrogen) atoms. The van der Waals surface area contributed by atoms with Crippen LogP contribution in [-0.2, 0) is 23.0 Å². The Hall–Kier alpha value is -3.09. The molecule has 1 saturated carbocycles. The van der Waals surface area contributed by atoms with Gasteiger partial charge in [-0.3, -0.25) is 4.98 Å². The maximum Gasteiger partial charge on any atom is 0.123 e. The van der Waals surface area contributed by atoms with E-state index in [0.717, 1.165) is 60.8 Å². The number of hydrogen-bond acceptors (Lipinski definition) is 4. The second-order valence-corrected chi connectivity index (χ2v) is 10.7. The summed E-state index contributed by atoms with van der Waals surface area (Å²) >= 11 is 0. The minimum absolute atomic E-state index is 0.105. The van der Waals surface area contributed by atoms with E-state index in [1.54, 1.807) is 19.2 Å². The largest absolute Gasteiger partial charge is 0.387 e. The molecule has 1 N–H and O–H groups in total. The molecule has 1 fully saturated rings. The van der Waals surface area contributed by atoms with Crippen molar-refractivity contribution in [1.82, 2.24) is 14.8 Å². The molecule has 2 aliphatic carbocycles. The Labute approximate surface area is 210 Å². The molecule has 0 aliphatic heterocycles. The van der Waals surface area contributed by atoms with Crippen molar-refractivity contribution in [1.29, 1.82) is 0 Å².